The van der Waals surface area contributed by atoms with E-state index in [1.807, 2.05) is 30.3 Å². The van der Waals surface area contributed by atoms with Crippen molar-refractivity contribution in [3.8, 4) is 11.4 Å². The van der Waals surface area contributed by atoms with E-state index >= 15 is 0 Å². The van der Waals surface area contributed by atoms with Crippen molar-refractivity contribution in [1.82, 2.24) is 19.9 Å². The van der Waals surface area contributed by atoms with Crippen molar-refractivity contribution < 1.29 is 0 Å². The summed E-state index contributed by atoms with van der Waals surface area (Å²) in [5.74, 6) is 0.561. The molecule has 0 saturated heterocycles. The summed E-state index contributed by atoms with van der Waals surface area (Å²) in [4.78, 5) is 4.03. The second-order valence-electron chi connectivity index (χ2n) is 4.17. The van der Waals surface area contributed by atoms with Gasteiger partial charge in [-0.05, 0) is 30.4 Å². The first-order chi connectivity index (χ1) is 10.3. The highest BCUT2D eigenvalue weighted by atomic mass is 35.5. The highest BCUT2D eigenvalue weighted by Gasteiger charge is 2.10. The third-order valence-corrected chi connectivity index (χ3v) is 3.37. The van der Waals surface area contributed by atoms with Gasteiger partial charge in [0.25, 0.3) is 0 Å². The Hall–Kier alpha value is -2.31. The maximum absolute atomic E-state index is 6.19. The number of nitrogens with one attached hydrogen (secondary N) is 1. The van der Waals surface area contributed by atoms with E-state index in [2.05, 4.69) is 20.3 Å². The first-order valence-corrected chi connectivity index (χ1v) is 6.91. The van der Waals surface area contributed by atoms with E-state index in [4.69, 9.17) is 23.8 Å². The Morgan fingerprint density at radius 3 is 2.86 bits per heavy atom. The number of rotatable bonds is 3. The minimum absolute atomic E-state index is 0.394. The van der Waals surface area contributed by atoms with Gasteiger partial charge in [-0.3, -0.25) is 4.98 Å². The first-order valence-electron chi connectivity index (χ1n) is 6.12. The maximum atomic E-state index is 6.19. The summed E-state index contributed by atoms with van der Waals surface area (Å²) in [7, 11) is 0. The van der Waals surface area contributed by atoms with Crippen LogP contribution in [0.5, 0.6) is 0 Å². The van der Waals surface area contributed by atoms with Gasteiger partial charge in [-0.1, -0.05) is 29.8 Å². The molecule has 0 atom stereocenters. The minimum Gasteiger partial charge on any atom is -0.264 e. The molecule has 21 heavy (non-hydrogen) atoms. The van der Waals surface area contributed by atoms with Crippen molar-refractivity contribution in [2.24, 2.45) is 5.10 Å². The number of pyridine rings is 1. The summed E-state index contributed by atoms with van der Waals surface area (Å²) >= 11 is 11.4. The van der Waals surface area contributed by atoms with Crippen molar-refractivity contribution in [3.05, 3.63) is 64.1 Å². The SMILES string of the molecule is S=c1[nH]nc(-c2ccccc2Cl)n1/N=C\c1cccnc1. The van der Waals surface area contributed by atoms with Gasteiger partial charge in [-0.15, -0.1) is 0 Å². The predicted octanol–water partition coefficient (Wildman–Crippen LogP) is 3.54. The zero-order valence-electron chi connectivity index (χ0n) is 10.8. The molecule has 7 heteroatoms. The summed E-state index contributed by atoms with van der Waals surface area (Å²) in [5.41, 5.74) is 1.63. The van der Waals surface area contributed by atoms with Crippen LogP contribution in [0, 0.1) is 4.77 Å². The van der Waals surface area contributed by atoms with Crippen LogP contribution in [-0.2, 0) is 0 Å². The van der Waals surface area contributed by atoms with Crippen molar-refractivity contribution in [3.63, 3.8) is 0 Å². The Morgan fingerprint density at radius 1 is 1.24 bits per heavy atom. The van der Waals surface area contributed by atoms with Gasteiger partial charge in [0.15, 0.2) is 5.82 Å². The Morgan fingerprint density at radius 2 is 2.10 bits per heavy atom. The summed E-state index contributed by atoms with van der Waals surface area (Å²) in [5, 5.41) is 11.9. The van der Waals surface area contributed by atoms with Gasteiger partial charge in [0, 0.05) is 23.5 Å². The van der Waals surface area contributed by atoms with Gasteiger partial charge in [0.1, 0.15) is 0 Å². The molecule has 0 aliphatic rings. The molecule has 2 aromatic heterocycles. The Balaban J connectivity index is 2.05. The van der Waals surface area contributed by atoms with Gasteiger partial charge in [-0.25, -0.2) is 5.10 Å². The van der Waals surface area contributed by atoms with Gasteiger partial charge < -0.3 is 0 Å². The van der Waals surface area contributed by atoms with E-state index < -0.39 is 0 Å². The molecule has 1 N–H and O–H groups in total. The molecule has 104 valence electrons. The third kappa shape index (κ3) is 2.91. The Bertz CT molecular complexity index is 838. The lowest BCUT2D eigenvalue weighted by Crippen LogP contribution is -1.95. The van der Waals surface area contributed by atoms with Crippen LogP contribution in [0.3, 0.4) is 0 Å². The molecule has 0 spiro atoms. The monoisotopic (exact) mass is 315 g/mol. The number of aromatic nitrogens is 4. The van der Waals surface area contributed by atoms with Gasteiger partial charge in [-0.2, -0.15) is 14.9 Å². The van der Waals surface area contributed by atoms with E-state index in [0.717, 1.165) is 11.1 Å². The van der Waals surface area contributed by atoms with E-state index in [1.165, 1.54) is 4.68 Å². The number of hydrogen-bond donors (Lipinski definition) is 1. The molecular weight excluding hydrogens is 306 g/mol. The summed E-state index contributed by atoms with van der Waals surface area (Å²) in [6.07, 6.45) is 5.08. The number of benzene rings is 1. The van der Waals surface area contributed by atoms with E-state index in [-0.39, 0.29) is 0 Å². The molecule has 0 radical (unpaired) electrons. The van der Waals surface area contributed by atoms with Gasteiger partial charge >= 0.3 is 0 Å². The number of hydrogen-bond acceptors (Lipinski definition) is 4. The molecule has 0 aliphatic heterocycles. The van der Waals surface area contributed by atoms with Crippen molar-refractivity contribution in [2.75, 3.05) is 0 Å². The predicted molar refractivity (Wildman–Crippen MR) is 85.1 cm³/mol. The molecule has 0 unspecified atom stereocenters. The second kappa shape index (κ2) is 5.99. The van der Waals surface area contributed by atoms with E-state index in [0.29, 0.717) is 15.6 Å². The lowest BCUT2D eigenvalue weighted by Gasteiger charge is -2.02. The maximum Gasteiger partial charge on any atom is 0.216 e. The normalized spacial score (nSPS) is 11.1. The molecule has 0 fully saturated rings. The number of H-pyrrole nitrogens is 1. The first kappa shape index (κ1) is 13.7. The largest absolute Gasteiger partial charge is 0.264 e. The van der Waals surface area contributed by atoms with Crippen LogP contribution >= 0.6 is 23.8 Å². The topological polar surface area (TPSA) is 58.9 Å². The molecule has 0 bridgehead atoms. The average Bonchev–Trinajstić information content (AvgIpc) is 2.88. The van der Waals surface area contributed by atoms with Gasteiger partial charge in [0.2, 0.25) is 4.77 Å². The quantitative estimate of drug-likeness (QED) is 0.594. The molecule has 0 saturated carbocycles. The summed E-state index contributed by atoms with van der Waals surface area (Å²) < 4.78 is 1.92. The van der Waals surface area contributed by atoms with Crippen LogP contribution in [0.1, 0.15) is 5.56 Å². The van der Waals surface area contributed by atoms with Crippen LogP contribution in [0.25, 0.3) is 11.4 Å². The molecular formula is C14H10ClN5S. The van der Waals surface area contributed by atoms with Crippen molar-refractivity contribution in [2.45, 2.75) is 0 Å². The zero-order valence-corrected chi connectivity index (χ0v) is 12.3. The molecule has 3 aromatic rings. The second-order valence-corrected chi connectivity index (χ2v) is 4.97. The molecule has 0 aliphatic carbocycles. The molecule has 0 amide bonds. The lowest BCUT2D eigenvalue weighted by molar-refractivity contribution is 0.871. The zero-order chi connectivity index (χ0) is 14.7. The van der Waals surface area contributed by atoms with Crippen LogP contribution in [0.2, 0.25) is 5.02 Å². The Labute approximate surface area is 130 Å². The average molecular weight is 316 g/mol. The molecule has 2 heterocycles. The van der Waals surface area contributed by atoms with Crippen molar-refractivity contribution in [1.29, 1.82) is 0 Å². The smallest absolute Gasteiger partial charge is 0.216 e. The lowest BCUT2D eigenvalue weighted by atomic mass is 10.2. The van der Waals surface area contributed by atoms with Crippen LogP contribution in [-0.4, -0.2) is 26.1 Å². The van der Waals surface area contributed by atoms with Crippen molar-refractivity contribution >= 4 is 30.0 Å². The standard InChI is InChI=1S/C14H10ClN5S/c15-12-6-2-1-5-11(12)13-18-19-14(21)20(13)17-9-10-4-3-7-16-8-10/h1-9H,(H,19,21)/b17-9-. The molecule has 5 nitrogen and oxygen atoms in total. The number of nitrogens with zero attached hydrogens (tertiary/aromatic N) is 4. The number of halogens is 1. The van der Waals surface area contributed by atoms with Crippen LogP contribution in [0.15, 0.2) is 53.9 Å². The fraction of sp³-hybridized carbons (Fsp3) is 0. The summed E-state index contributed by atoms with van der Waals surface area (Å²) in [6.45, 7) is 0. The summed E-state index contributed by atoms with van der Waals surface area (Å²) in [6, 6.07) is 11.1. The molecule has 1 aromatic carbocycles. The fourth-order valence-corrected chi connectivity index (χ4v) is 2.19. The third-order valence-electron chi connectivity index (χ3n) is 2.77. The highest BCUT2D eigenvalue weighted by molar-refractivity contribution is 7.71. The fourth-order valence-electron chi connectivity index (χ4n) is 1.79. The van der Waals surface area contributed by atoms with E-state index in [1.54, 1.807) is 24.7 Å². The van der Waals surface area contributed by atoms with Crippen LogP contribution < -0.4 is 0 Å². The minimum atomic E-state index is 0.394. The molecule has 3 rings (SSSR count). The van der Waals surface area contributed by atoms with Gasteiger partial charge in [0.05, 0.1) is 11.2 Å². The highest BCUT2D eigenvalue weighted by Crippen LogP contribution is 2.25. The number of aromatic amines is 1. The van der Waals surface area contributed by atoms with Crippen LogP contribution in [0.4, 0.5) is 0 Å². The van der Waals surface area contributed by atoms with E-state index in [9.17, 15) is 0 Å². The Kier molecular flexibility index (Phi) is 3.89.